The van der Waals surface area contributed by atoms with Crippen LogP contribution >= 0.6 is 0 Å². The Bertz CT molecular complexity index is 933. The first-order valence-corrected chi connectivity index (χ1v) is 10.8. The number of aromatic nitrogens is 3. The number of nitrogens with one attached hydrogen (secondary N) is 2. The summed E-state index contributed by atoms with van der Waals surface area (Å²) in [4.78, 5) is 40.3. The summed E-state index contributed by atoms with van der Waals surface area (Å²) in [6, 6.07) is 4.65. The van der Waals surface area contributed by atoms with E-state index in [-0.39, 0.29) is 11.5 Å². The van der Waals surface area contributed by atoms with Crippen molar-refractivity contribution in [2.24, 2.45) is 0 Å². The summed E-state index contributed by atoms with van der Waals surface area (Å²) in [5.74, 6) is 1.04. The number of hydrogen-bond acceptors (Lipinski definition) is 6. The van der Waals surface area contributed by atoms with Crippen LogP contribution in [-0.2, 0) is 6.42 Å². The largest absolute Gasteiger partial charge is 0.354 e. The number of nitrogens with zero attached hydrogens (tertiary/aromatic N) is 4. The van der Waals surface area contributed by atoms with E-state index >= 15 is 0 Å². The fraction of sp³-hybridized carbons (Fsp3) is 0.545. The molecule has 2 aromatic rings. The van der Waals surface area contributed by atoms with E-state index in [1.54, 1.807) is 13.2 Å². The molecule has 2 N–H and O–H groups in total. The first-order chi connectivity index (χ1) is 14.6. The molecule has 2 aliphatic rings. The number of aromatic amines is 1. The average Bonchev–Trinajstić information content (AvgIpc) is 3.29. The van der Waals surface area contributed by atoms with Crippen molar-refractivity contribution in [1.82, 2.24) is 25.2 Å². The third kappa shape index (κ3) is 4.23. The fourth-order valence-corrected chi connectivity index (χ4v) is 4.65. The number of carbonyl (C=O) groups is 1. The van der Waals surface area contributed by atoms with Crippen LogP contribution in [0.5, 0.6) is 0 Å². The number of piperazine rings is 1. The van der Waals surface area contributed by atoms with Crippen molar-refractivity contribution in [2.75, 3.05) is 38.1 Å². The molecule has 30 heavy (non-hydrogen) atoms. The van der Waals surface area contributed by atoms with E-state index < -0.39 is 0 Å². The van der Waals surface area contributed by atoms with Gasteiger partial charge in [-0.25, -0.2) is 9.97 Å². The minimum absolute atomic E-state index is 0.0654. The van der Waals surface area contributed by atoms with Crippen molar-refractivity contribution in [3.05, 3.63) is 51.8 Å². The van der Waals surface area contributed by atoms with Gasteiger partial charge in [-0.15, -0.1) is 0 Å². The molecule has 0 aromatic carbocycles. The Morgan fingerprint density at radius 2 is 1.97 bits per heavy atom. The lowest BCUT2D eigenvalue weighted by molar-refractivity contribution is 0.0957. The molecule has 2 aromatic heterocycles. The van der Waals surface area contributed by atoms with Crippen molar-refractivity contribution in [3.63, 3.8) is 0 Å². The molecule has 3 heterocycles. The molecule has 4 rings (SSSR count). The zero-order valence-electron chi connectivity index (χ0n) is 17.7. The maximum absolute atomic E-state index is 12.2. The van der Waals surface area contributed by atoms with Crippen LogP contribution in [0.25, 0.3) is 0 Å². The average molecular weight is 411 g/mol. The van der Waals surface area contributed by atoms with Gasteiger partial charge in [0.2, 0.25) is 0 Å². The Hall–Kier alpha value is -2.74. The Morgan fingerprint density at radius 3 is 2.60 bits per heavy atom. The van der Waals surface area contributed by atoms with Gasteiger partial charge in [0.15, 0.2) is 0 Å². The van der Waals surface area contributed by atoms with Crippen LogP contribution in [0.2, 0.25) is 0 Å². The summed E-state index contributed by atoms with van der Waals surface area (Å²) in [6.45, 7) is 5.79. The van der Waals surface area contributed by atoms with Gasteiger partial charge in [-0.2, -0.15) is 0 Å². The van der Waals surface area contributed by atoms with Crippen LogP contribution in [0.1, 0.15) is 53.8 Å². The zero-order valence-corrected chi connectivity index (χ0v) is 17.7. The second-order valence-electron chi connectivity index (χ2n) is 8.15. The lowest BCUT2D eigenvalue weighted by Gasteiger charge is -2.38. The van der Waals surface area contributed by atoms with Crippen LogP contribution in [0.15, 0.2) is 29.3 Å². The van der Waals surface area contributed by atoms with Gasteiger partial charge in [-0.3, -0.25) is 14.5 Å². The molecule has 2 fully saturated rings. The van der Waals surface area contributed by atoms with Gasteiger partial charge in [-0.1, -0.05) is 13.0 Å². The summed E-state index contributed by atoms with van der Waals surface area (Å²) in [6.07, 6.45) is 7.38. The molecule has 1 aliphatic heterocycles. The van der Waals surface area contributed by atoms with Crippen LogP contribution in [0.4, 0.5) is 5.82 Å². The third-order valence-corrected chi connectivity index (χ3v) is 6.49. The predicted octanol–water partition coefficient (Wildman–Crippen LogP) is 1.55. The molecule has 1 aliphatic carbocycles. The van der Waals surface area contributed by atoms with Crippen LogP contribution in [0.3, 0.4) is 0 Å². The molecule has 8 heteroatoms. The van der Waals surface area contributed by atoms with E-state index in [1.807, 2.05) is 13.0 Å². The van der Waals surface area contributed by atoms with E-state index in [1.165, 1.54) is 12.6 Å². The number of anilines is 1. The van der Waals surface area contributed by atoms with Gasteiger partial charge in [-0.05, 0) is 31.7 Å². The summed E-state index contributed by atoms with van der Waals surface area (Å²) in [5.41, 5.74) is 2.35. The highest BCUT2D eigenvalue weighted by Gasteiger charge is 2.32. The van der Waals surface area contributed by atoms with Crippen molar-refractivity contribution < 1.29 is 4.79 Å². The predicted molar refractivity (Wildman–Crippen MR) is 116 cm³/mol. The van der Waals surface area contributed by atoms with E-state index in [4.69, 9.17) is 0 Å². The summed E-state index contributed by atoms with van der Waals surface area (Å²) in [5, 5.41) is 2.56. The highest BCUT2D eigenvalue weighted by Crippen LogP contribution is 2.36. The second-order valence-corrected chi connectivity index (χ2v) is 8.15. The molecular weight excluding hydrogens is 380 g/mol. The fourth-order valence-electron chi connectivity index (χ4n) is 4.65. The molecule has 1 saturated carbocycles. The zero-order chi connectivity index (χ0) is 21.1. The highest BCUT2D eigenvalue weighted by molar-refractivity contribution is 5.91. The van der Waals surface area contributed by atoms with Crippen molar-refractivity contribution in [2.45, 2.75) is 44.6 Å². The van der Waals surface area contributed by atoms with E-state index in [0.717, 1.165) is 62.5 Å². The molecule has 8 nitrogen and oxygen atoms in total. The molecule has 2 atom stereocenters. The molecule has 0 radical (unpaired) electrons. The van der Waals surface area contributed by atoms with Crippen LogP contribution < -0.4 is 15.8 Å². The normalized spacial score (nSPS) is 22.3. The molecule has 160 valence electrons. The van der Waals surface area contributed by atoms with Gasteiger partial charge in [0.05, 0.1) is 12.4 Å². The maximum atomic E-state index is 12.2. The summed E-state index contributed by atoms with van der Waals surface area (Å²) < 4.78 is 0. The van der Waals surface area contributed by atoms with Crippen LogP contribution in [0, 0.1) is 0 Å². The molecular formula is C22H30N6O2. The van der Waals surface area contributed by atoms with E-state index in [0.29, 0.717) is 17.7 Å². The van der Waals surface area contributed by atoms with Gasteiger partial charge in [0.1, 0.15) is 11.5 Å². The minimum Gasteiger partial charge on any atom is -0.354 e. The number of hydrogen-bond donors (Lipinski definition) is 2. The number of aryl methyl sites for hydroxylation is 1. The third-order valence-electron chi connectivity index (χ3n) is 6.49. The molecule has 0 spiro atoms. The lowest BCUT2D eigenvalue weighted by Crippen LogP contribution is -2.50. The van der Waals surface area contributed by atoms with Gasteiger partial charge in [0, 0.05) is 56.4 Å². The highest BCUT2D eigenvalue weighted by atomic mass is 16.1. The van der Waals surface area contributed by atoms with Gasteiger partial charge < -0.3 is 15.2 Å². The summed E-state index contributed by atoms with van der Waals surface area (Å²) in [7, 11) is 1.59. The first-order valence-electron chi connectivity index (χ1n) is 10.8. The minimum atomic E-state index is -0.222. The van der Waals surface area contributed by atoms with Crippen molar-refractivity contribution in [3.8, 4) is 0 Å². The number of amides is 1. The lowest BCUT2D eigenvalue weighted by atomic mass is 10.0. The number of pyridine rings is 1. The topological polar surface area (TPSA) is 94.2 Å². The van der Waals surface area contributed by atoms with Gasteiger partial charge in [0.25, 0.3) is 11.5 Å². The quantitative estimate of drug-likeness (QED) is 0.777. The Morgan fingerprint density at radius 1 is 1.17 bits per heavy atom. The maximum Gasteiger partial charge on any atom is 0.271 e. The Kier molecular flexibility index (Phi) is 6.13. The smallest absolute Gasteiger partial charge is 0.271 e. The standard InChI is InChI=1S/C22H30N6O2/c1-3-15-5-7-18(26-21(15)29)16-4-6-17(12-16)27-8-10-28(11-9-27)20-14-24-19(13-25-20)22(30)23-2/h5,7,13-14,16-17H,3-4,6,8-12H2,1-2H3,(H,23,30)(H,26,29)/t16-,17+/m1/s1. The molecule has 0 bridgehead atoms. The molecule has 0 unspecified atom stereocenters. The SMILES string of the molecule is CCc1ccc([C@@H]2CC[C@H](N3CCN(c4cnc(C(=O)NC)cn4)CC3)C2)[nH]c1=O. The first kappa shape index (κ1) is 20.5. The van der Waals surface area contributed by atoms with Crippen LogP contribution in [-0.4, -0.2) is 65.0 Å². The van der Waals surface area contributed by atoms with E-state index in [2.05, 4.69) is 36.1 Å². The molecule has 1 saturated heterocycles. The summed E-state index contributed by atoms with van der Waals surface area (Å²) >= 11 is 0. The van der Waals surface area contributed by atoms with E-state index in [9.17, 15) is 9.59 Å². The van der Waals surface area contributed by atoms with Gasteiger partial charge >= 0.3 is 0 Å². The number of rotatable bonds is 5. The Balaban J connectivity index is 1.32. The van der Waals surface area contributed by atoms with Crippen molar-refractivity contribution >= 4 is 11.7 Å². The van der Waals surface area contributed by atoms with Crippen molar-refractivity contribution in [1.29, 1.82) is 0 Å². The monoisotopic (exact) mass is 410 g/mol. The Labute approximate surface area is 176 Å². The second kappa shape index (κ2) is 8.95. The molecule has 1 amide bonds. The number of carbonyl (C=O) groups excluding carboxylic acids is 1. The number of H-pyrrole nitrogens is 1.